The summed E-state index contributed by atoms with van der Waals surface area (Å²) in [6.45, 7) is 1.37. The van der Waals surface area contributed by atoms with Gasteiger partial charge in [0.15, 0.2) is 5.60 Å². The fourth-order valence-corrected chi connectivity index (χ4v) is 3.04. The Bertz CT molecular complexity index is 772. The summed E-state index contributed by atoms with van der Waals surface area (Å²) in [4.78, 5) is 0. The summed E-state index contributed by atoms with van der Waals surface area (Å²) in [7, 11) is 1.64. The molecule has 0 bridgehead atoms. The highest BCUT2D eigenvalue weighted by molar-refractivity contribution is 5.38. The van der Waals surface area contributed by atoms with Gasteiger partial charge in [-0.2, -0.15) is 0 Å². The Morgan fingerprint density at radius 1 is 0.800 bits per heavy atom. The lowest BCUT2D eigenvalue weighted by Crippen LogP contribution is -2.86. The second-order valence-corrected chi connectivity index (χ2v) is 6.14. The summed E-state index contributed by atoms with van der Waals surface area (Å²) in [6.07, 6.45) is 0. The molecular formula is C22H24NO2+. The van der Waals surface area contributed by atoms with Crippen molar-refractivity contribution in [1.29, 1.82) is 0 Å². The highest BCUT2D eigenvalue weighted by Crippen LogP contribution is 2.29. The van der Waals surface area contributed by atoms with Gasteiger partial charge in [-0.1, -0.05) is 72.8 Å². The Balaban J connectivity index is 1.83. The van der Waals surface area contributed by atoms with E-state index in [1.165, 1.54) is 5.56 Å². The number of hydrogen-bond donors (Lipinski definition) is 2. The highest BCUT2D eigenvalue weighted by Gasteiger charge is 2.33. The number of nitrogens with two attached hydrogens (primary N) is 1. The maximum atomic E-state index is 11.5. The van der Waals surface area contributed by atoms with Crippen LogP contribution in [0.4, 0.5) is 0 Å². The summed E-state index contributed by atoms with van der Waals surface area (Å²) in [5.74, 6) is 0.785. The summed E-state index contributed by atoms with van der Waals surface area (Å²) >= 11 is 0. The molecule has 0 aliphatic heterocycles. The van der Waals surface area contributed by atoms with Crippen LogP contribution in [0.2, 0.25) is 0 Å². The van der Waals surface area contributed by atoms with Crippen LogP contribution in [0.1, 0.15) is 16.7 Å². The SMILES string of the molecule is COc1ccc([C@@](O)(C[NH2+]Cc2ccccc2)c2ccccc2)cc1. The summed E-state index contributed by atoms with van der Waals surface area (Å²) in [5.41, 5.74) is 1.95. The summed E-state index contributed by atoms with van der Waals surface area (Å²) in [5, 5.41) is 13.7. The van der Waals surface area contributed by atoms with Crippen LogP contribution >= 0.6 is 0 Å². The lowest BCUT2D eigenvalue weighted by molar-refractivity contribution is -0.682. The van der Waals surface area contributed by atoms with Crippen molar-refractivity contribution in [3.63, 3.8) is 0 Å². The van der Waals surface area contributed by atoms with Gasteiger partial charge in [-0.05, 0) is 23.3 Å². The Hall–Kier alpha value is -2.62. The zero-order valence-electron chi connectivity index (χ0n) is 14.4. The molecule has 3 N–H and O–H groups in total. The largest absolute Gasteiger partial charge is 0.497 e. The minimum atomic E-state index is -1.05. The molecule has 0 aliphatic carbocycles. The molecule has 0 aromatic heterocycles. The predicted molar refractivity (Wildman–Crippen MR) is 99.4 cm³/mol. The van der Waals surface area contributed by atoms with Gasteiger partial charge in [0.05, 0.1) is 7.11 Å². The quantitative estimate of drug-likeness (QED) is 0.698. The standard InChI is InChI=1S/C22H23NO2/c1-25-21-14-12-20(13-15-21)22(24,19-10-6-3-7-11-19)17-23-16-18-8-4-2-5-9-18/h2-15,23-24H,16-17H2,1H3/p+1/t22-/m1/s1. The van der Waals surface area contributed by atoms with E-state index in [1.54, 1.807) is 7.11 Å². The van der Waals surface area contributed by atoms with Crippen molar-refractivity contribution >= 4 is 0 Å². The lowest BCUT2D eigenvalue weighted by atomic mass is 9.86. The van der Waals surface area contributed by atoms with Gasteiger partial charge in [-0.15, -0.1) is 0 Å². The number of ether oxygens (including phenoxy) is 1. The number of methoxy groups -OCH3 is 1. The second-order valence-electron chi connectivity index (χ2n) is 6.14. The molecule has 3 nitrogen and oxygen atoms in total. The zero-order valence-corrected chi connectivity index (χ0v) is 14.4. The molecule has 3 heteroatoms. The fourth-order valence-electron chi connectivity index (χ4n) is 3.04. The molecule has 3 aromatic carbocycles. The molecule has 0 fully saturated rings. The maximum Gasteiger partial charge on any atom is 0.163 e. The molecule has 1 atom stereocenters. The van der Waals surface area contributed by atoms with Crippen molar-refractivity contribution in [2.45, 2.75) is 12.1 Å². The van der Waals surface area contributed by atoms with Gasteiger partial charge >= 0.3 is 0 Å². The average Bonchev–Trinajstić information content (AvgIpc) is 2.69. The predicted octanol–water partition coefficient (Wildman–Crippen LogP) is 2.69. The monoisotopic (exact) mass is 334 g/mol. The van der Waals surface area contributed by atoms with E-state index in [0.717, 1.165) is 23.4 Å². The van der Waals surface area contributed by atoms with Crippen LogP contribution in [0.5, 0.6) is 5.75 Å². The number of aliphatic hydroxyl groups is 1. The van der Waals surface area contributed by atoms with Crippen molar-refractivity contribution in [3.05, 3.63) is 102 Å². The van der Waals surface area contributed by atoms with Gasteiger partial charge in [-0.25, -0.2) is 0 Å². The normalized spacial score (nSPS) is 13.2. The first-order valence-electron chi connectivity index (χ1n) is 8.50. The Morgan fingerprint density at radius 2 is 1.36 bits per heavy atom. The van der Waals surface area contributed by atoms with Crippen molar-refractivity contribution < 1.29 is 15.2 Å². The van der Waals surface area contributed by atoms with Crippen LogP contribution in [0.15, 0.2) is 84.9 Å². The van der Waals surface area contributed by atoms with E-state index in [0.29, 0.717) is 6.54 Å². The molecule has 0 saturated heterocycles. The van der Waals surface area contributed by atoms with Gasteiger partial charge in [-0.3, -0.25) is 0 Å². The van der Waals surface area contributed by atoms with Crippen LogP contribution in [-0.2, 0) is 12.1 Å². The van der Waals surface area contributed by atoms with E-state index in [9.17, 15) is 5.11 Å². The van der Waals surface area contributed by atoms with E-state index in [-0.39, 0.29) is 0 Å². The van der Waals surface area contributed by atoms with E-state index >= 15 is 0 Å². The van der Waals surface area contributed by atoms with Gasteiger partial charge in [0, 0.05) is 5.56 Å². The van der Waals surface area contributed by atoms with E-state index in [1.807, 2.05) is 72.8 Å². The molecule has 3 rings (SSSR count). The molecule has 25 heavy (non-hydrogen) atoms. The van der Waals surface area contributed by atoms with Crippen LogP contribution in [0.25, 0.3) is 0 Å². The Labute approximate surface area is 148 Å². The van der Waals surface area contributed by atoms with E-state index in [4.69, 9.17) is 4.74 Å². The zero-order chi connectivity index (χ0) is 17.5. The molecule has 3 aromatic rings. The molecule has 0 heterocycles. The first-order chi connectivity index (χ1) is 12.2. The molecule has 128 valence electrons. The average molecular weight is 334 g/mol. The number of benzene rings is 3. The van der Waals surface area contributed by atoms with Crippen molar-refractivity contribution in [2.75, 3.05) is 13.7 Å². The number of hydrogen-bond acceptors (Lipinski definition) is 2. The summed E-state index contributed by atoms with van der Waals surface area (Å²) < 4.78 is 5.24. The first kappa shape index (κ1) is 17.2. The third kappa shape index (κ3) is 4.08. The van der Waals surface area contributed by atoms with Gasteiger partial charge < -0.3 is 15.2 Å². The molecule has 0 saturated carbocycles. The molecular weight excluding hydrogens is 310 g/mol. The van der Waals surface area contributed by atoms with Crippen LogP contribution in [-0.4, -0.2) is 18.8 Å². The Morgan fingerprint density at radius 3 is 1.96 bits per heavy atom. The third-order valence-corrected chi connectivity index (χ3v) is 4.48. The summed E-state index contributed by atoms with van der Waals surface area (Å²) in [6, 6.07) is 27.8. The van der Waals surface area contributed by atoms with Gasteiger partial charge in [0.2, 0.25) is 0 Å². The molecule has 0 amide bonds. The molecule has 0 radical (unpaired) electrons. The minimum Gasteiger partial charge on any atom is -0.497 e. The smallest absolute Gasteiger partial charge is 0.163 e. The lowest BCUT2D eigenvalue weighted by Gasteiger charge is -2.28. The molecule has 0 unspecified atom stereocenters. The van der Waals surface area contributed by atoms with Crippen LogP contribution in [0, 0.1) is 0 Å². The third-order valence-electron chi connectivity index (χ3n) is 4.48. The molecule has 0 spiro atoms. The van der Waals surface area contributed by atoms with Gasteiger partial charge in [0.25, 0.3) is 0 Å². The van der Waals surface area contributed by atoms with Gasteiger partial charge in [0.1, 0.15) is 18.8 Å². The van der Waals surface area contributed by atoms with Crippen molar-refractivity contribution in [3.8, 4) is 5.75 Å². The molecule has 0 aliphatic rings. The highest BCUT2D eigenvalue weighted by atomic mass is 16.5. The van der Waals surface area contributed by atoms with E-state index < -0.39 is 5.60 Å². The first-order valence-corrected chi connectivity index (χ1v) is 8.50. The fraction of sp³-hybridized carbons (Fsp3) is 0.182. The van der Waals surface area contributed by atoms with Crippen molar-refractivity contribution in [2.24, 2.45) is 0 Å². The van der Waals surface area contributed by atoms with E-state index in [2.05, 4.69) is 17.4 Å². The minimum absolute atomic E-state index is 0.540. The van der Waals surface area contributed by atoms with Crippen molar-refractivity contribution in [1.82, 2.24) is 0 Å². The van der Waals surface area contributed by atoms with Crippen LogP contribution in [0.3, 0.4) is 0 Å². The topological polar surface area (TPSA) is 46.1 Å². The number of rotatable bonds is 7. The maximum absolute atomic E-state index is 11.5. The number of quaternary nitrogens is 1. The second kappa shape index (κ2) is 7.97. The van der Waals surface area contributed by atoms with Crippen LogP contribution < -0.4 is 10.1 Å². The Kier molecular flexibility index (Phi) is 5.49.